The molecule has 50 valence electrons. The number of hydrogen-bond donors (Lipinski definition) is 0. The molecule has 9 heavy (non-hydrogen) atoms. The normalized spacial score (nSPS) is 11.6. The maximum absolute atomic E-state index is 2.24. The molecule has 0 aromatic heterocycles. The van der Waals surface area contributed by atoms with E-state index in [-0.39, 0.29) is 31.0 Å². The van der Waals surface area contributed by atoms with Gasteiger partial charge in [0, 0.05) is 0 Å². The minimum atomic E-state index is 0. The van der Waals surface area contributed by atoms with Gasteiger partial charge in [0.15, 0.2) is 0 Å². The second-order valence-electron chi connectivity index (χ2n) is 2.84. The molecule has 0 saturated carbocycles. The fourth-order valence-electron chi connectivity index (χ4n) is 0.569. The van der Waals surface area contributed by atoms with E-state index in [1.54, 1.807) is 0 Å². The Morgan fingerprint density at radius 3 is 2.00 bits per heavy atom. The van der Waals surface area contributed by atoms with Crippen LogP contribution in [0.25, 0.3) is 0 Å². The summed E-state index contributed by atoms with van der Waals surface area (Å²) in [5, 5.41) is 0. The molecule has 0 aromatic rings. The molecule has 0 bridgehead atoms. The van der Waals surface area contributed by atoms with E-state index in [2.05, 4.69) is 39.8 Å². The van der Waals surface area contributed by atoms with Crippen molar-refractivity contribution in [3.05, 3.63) is 12.2 Å². The van der Waals surface area contributed by atoms with Gasteiger partial charge < -0.3 is 1.43 Å². The van der Waals surface area contributed by atoms with Crippen molar-refractivity contribution in [2.24, 2.45) is 5.41 Å². The average Bonchev–Trinajstić information content (AvgIpc) is 1.67. The number of allylic oxidation sites excluding steroid dienone is 2. The number of hydrogen-bond acceptors (Lipinski definition) is 0. The van der Waals surface area contributed by atoms with Crippen molar-refractivity contribution in [2.75, 3.05) is 0 Å². The molecule has 0 rings (SSSR count). The summed E-state index contributed by atoms with van der Waals surface area (Å²) in [7, 11) is 0. The van der Waals surface area contributed by atoms with Crippen LogP contribution in [-0.4, -0.2) is 0 Å². The Morgan fingerprint density at radius 2 is 1.89 bits per heavy atom. The van der Waals surface area contributed by atoms with E-state index >= 15 is 0 Å². The van der Waals surface area contributed by atoms with Gasteiger partial charge in [0.05, 0.1) is 0 Å². The van der Waals surface area contributed by atoms with Crippen LogP contribution < -0.4 is 29.6 Å². The van der Waals surface area contributed by atoms with Crippen LogP contribution in [0.5, 0.6) is 0 Å². The van der Waals surface area contributed by atoms with Crippen molar-refractivity contribution >= 4 is 0 Å². The van der Waals surface area contributed by atoms with Gasteiger partial charge in [0.1, 0.15) is 0 Å². The summed E-state index contributed by atoms with van der Waals surface area (Å²) >= 11 is 0. The molecule has 0 saturated heterocycles. The Morgan fingerprint density at radius 1 is 1.44 bits per heavy atom. The SMILES string of the molecule is CC=CC(C)(C)CC.[H-].[Na+]. The van der Waals surface area contributed by atoms with Crippen molar-refractivity contribution in [1.82, 2.24) is 0 Å². The quantitative estimate of drug-likeness (QED) is 0.373. The first-order valence-corrected chi connectivity index (χ1v) is 3.26. The van der Waals surface area contributed by atoms with Crippen LogP contribution in [0.3, 0.4) is 0 Å². The zero-order valence-corrected chi connectivity index (χ0v) is 9.36. The molecule has 0 aliphatic rings. The van der Waals surface area contributed by atoms with Crippen LogP contribution in [0.4, 0.5) is 0 Å². The molecule has 0 aliphatic heterocycles. The molecule has 0 heterocycles. The van der Waals surface area contributed by atoms with Crippen molar-refractivity contribution < 1.29 is 31.0 Å². The molecule has 0 unspecified atom stereocenters. The summed E-state index contributed by atoms with van der Waals surface area (Å²) < 4.78 is 0. The predicted octanol–water partition coefficient (Wildman–Crippen LogP) is 0.115. The van der Waals surface area contributed by atoms with E-state index in [0.29, 0.717) is 5.41 Å². The first-order chi connectivity index (χ1) is 3.62. The monoisotopic (exact) mass is 136 g/mol. The molecular weight excluding hydrogens is 119 g/mol. The van der Waals surface area contributed by atoms with Gasteiger partial charge >= 0.3 is 29.6 Å². The molecule has 0 radical (unpaired) electrons. The second-order valence-corrected chi connectivity index (χ2v) is 2.84. The Hall–Kier alpha value is 0.740. The fraction of sp³-hybridized carbons (Fsp3) is 0.750. The summed E-state index contributed by atoms with van der Waals surface area (Å²) in [4.78, 5) is 0. The molecule has 0 nitrogen and oxygen atoms in total. The van der Waals surface area contributed by atoms with Gasteiger partial charge in [-0.15, -0.1) is 0 Å². The summed E-state index contributed by atoms with van der Waals surface area (Å²) in [5.74, 6) is 0. The van der Waals surface area contributed by atoms with Crippen molar-refractivity contribution in [3.8, 4) is 0 Å². The molecule has 0 fully saturated rings. The molecule has 0 spiro atoms. The van der Waals surface area contributed by atoms with Crippen LogP contribution in [0.15, 0.2) is 12.2 Å². The predicted molar refractivity (Wildman–Crippen MR) is 40.0 cm³/mol. The summed E-state index contributed by atoms with van der Waals surface area (Å²) in [6, 6.07) is 0. The third kappa shape index (κ3) is 6.63. The third-order valence-corrected chi connectivity index (χ3v) is 1.53. The first kappa shape index (κ1) is 12.4. The van der Waals surface area contributed by atoms with E-state index in [0.717, 1.165) is 0 Å². The van der Waals surface area contributed by atoms with Gasteiger partial charge in [-0.2, -0.15) is 0 Å². The minimum Gasteiger partial charge on any atom is -1.00 e. The van der Waals surface area contributed by atoms with Crippen molar-refractivity contribution in [1.29, 1.82) is 0 Å². The van der Waals surface area contributed by atoms with Crippen molar-refractivity contribution in [2.45, 2.75) is 34.1 Å². The summed E-state index contributed by atoms with van der Waals surface area (Å²) in [5.41, 5.74) is 0.411. The molecule has 0 aliphatic carbocycles. The maximum Gasteiger partial charge on any atom is 1.00 e. The Kier molecular flexibility index (Phi) is 7.62. The minimum absolute atomic E-state index is 0. The van der Waals surface area contributed by atoms with Crippen LogP contribution in [-0.2, 0) is 0 Å². The van der Waals surface area contributed by atoms with Gasteiger partial charge in [-0.3, -0.25) is 0 Å². The first-order valence-electron chi connectivity index (χ1n) is 3.26. The van der Waals surface area contributed by atoms with E-state index in [9.17, 15) is 0 Å². The van der Waals surface area contributed by atoms with Crippen LogP contribution in [0.1, 0.15) is 35.5 Å². The molecule has 0 N–H and O–H groups in total. The second kappa shape index (κ2) is 5.52. The van der Waals surface area contributed by atoms with Gasteiger partial charge in [0.2, 0.25) is 0 Å². The molecule has 0 amide bonds. The van der Waals surface area contributed by atoms with Crippen LogP contribution in [0.2, 0.25) is 0 Å². The standard InChI is InChI=1S/C8H16.Na.H/c1-5-7-8(3,4)6-2;;/h5,7H,6H2,1-4H3;;/q;+1;-1. The Bertz CT molecular complexity index is 87.3. The van der Waals surface area contributed by atoms with E-state index in [4.69, 9.17) is 0 Å². The molecule has 0 atom stereocenters. The van der Waals surface area contributed by atoms with Gasteiger partial charge in [-0.1, -0.05) is 32.9 Å². The maximum atomic E-state index is 2.24. The molecule has 0 aromatic carbocycles. The van der Waals surface area contributed by atoms with E-state index < -0.39 is 0 Å². The average molecular weight is 136 g/mol. The molecule has 1 heteroatoms. The Labute approximate surface area is 82.5 Å². The summed E-state index contributed by atoms with van der Waals surface area (Å²) in [6.45, 7) is 8.76. The van der Waals surface area contributed by atoms with E-state index in [1.807, 2.05) is 0 Å². The Balaban J connectivity index is -0.000000245. The third-order valence-electron chi connectivity index (χ3n) is 1.53. The van der Waals surface area contributed by atoms with Crippen molar-refractivity contribution in [3.63, 3.8) is 0 Å². The van der Waals surface area contributed by atoms with Gasteiger partial charge in [0.25, 0.3) is 0 Å². The smallest absolute Gasteiger partial charge is 1.00 e. The van der Waals surface area contributed by atoms with Gasteiger partial charge in [-0.25, -0.2) is 0 Å². The van der Waals surface area contributed by atoms with E-state index in [1.165, 1.54) is 6.42 Å². The largest absolute Gasteiger partial charge is 1.00 e. The van der Waals surface area contributed by atoms with Crippen LogP contribution in [0, 0.1) is 5.41 Å². The molecular formula is C8H17Na. The van der Waals surface area contributed by atoms with Crippen LogP contribution >= 0.6 is 0 Å². The van der Waals surface area contributed by atoms with Gasteiger partial charge in [-0.05, 0) is 18.8 Å². The zero-order chi connectivity index (χ0) is 6.62. The summed E-state index contributed by atoms with van der Waals surface area (Å²) in [6.07, 6.45) is 5.58. The fourth-order valence-corrected chi connectivity index (χ4v) is 0.569. The number of rotatable bonds is 2. The zero-order valence-electron chi connectivity index (χ0n) is 8.36. The topological polar surface area (TPSA) is 0 Å².